The van der Waals surface area contributed by atoms with Gasteiger partial charge in [0, 0.05) is 41.8 Å². The maximum absolute atomic E-state index is 12.7. The molecule has 8 heteroatoms. The zero-order valence-corrected chi connectivity index (χ0v) is 19.7. The third-order valence-electron chi connectivity index (χ3n) is 7.71. The molecule has 4 aromatic rings. The minimum Gasteiger partial charge on any atom is -0.370 e. The van der Waals surface area contributed by atoms with Crippen molar-refractivity contribution in [3.63, 3.8) is 0 Å². The molecule has 1 amide bonds. The Morgan fingerprint density at radius 3 is 2.91 bits per heavy atom. The Morgan fingerprint density at radius 1 is 1.18 bits per heavy atom. The van der Waals surface area contributed by atoms with E-state index in [1.807, 2.05) is 51.9 Å². The van der Waals surface area contributed by atoms with Crippen molar-refractivity contribution >= 4 is 22.9 Å². The number of thiophene rings is 1. The number of hydrogen-bond donors (Lipinski definition) is 1. The second-order valence-corrected chi connectivity index (χ2v) is 11.4. The molecule has 2 unspecified atom stereocenters. The molecule has 4 aliphatic rings. The number of hydrogen-bond acceptors (Lipinski definition) is 5. The number of nitrogens with zero attached hydrogens (tertiary/aromatic N) is 4. The lowest BCUT2D eigenvalue weighted by Gasteiger charge is -2.56. The highest BCUT2D eigenvalue weighted by Crippen LogP contribution is 2.53. The van der Waals surface area contributed by atoms with Crippen LogP contribution in [-0.4, -0.2) is 36.8 Å². The lowest BCUT2D eigenvalue weighted by Crippen LogP contribution is -2.56. The highest BCUT2D eigenvalue weighted by molar-refractivity contribution is 7.17. The van der Waals surface area contributed by atoms with Gasteiger partial charge in [-0.2, -0.15) is 5.10 Å². The molecule has 2 atom stereocenters. The van der Waals surface area contributed by atoms with E-state index in [1.165, 1.54) is 43.4 Å². The van der Waals surface area contributed by atoms with Gasteiger partial charge in [-0.15, -0.1) is 11.3 Å². The fraction of sp³-hybridized carbons (Fsp3) is 0.423. The van der Waals surface area contributed by atoms with Crippen molar-refractivity contribution in [1.29, 1.82) is 0 Å². The van der Waals surface area contributed by atoms with Crippen LogP contribution in [0.15, 0.2) is 55.2 Å². The van der Waals surface area contributed by atoms with Crippen molar-refractivity contribution in [2.75, 3.05) is 0 Å². The maximum Gasteiger partial charge on any atom is 0.261 e. The summed E-state index contributed by atoms with van der Waals surface area (Å²) in [5.41, 5.74) is 2.93. The van der Waals surface area contributed by atoms with E-state index >= 15 is 0 Å². The number of ether oxygens (including phenoxy) is 1. The predicted molar refractivity (Wildman–Crippen MR) is 130 cm³/mol. The molecular formula is C26H27N5O2S. The van der Waals surface area contributed by atoms with Crippen LogP contribution >= 0.6 is 11.3 Å². The smallest absolute Gasteiger partial charge is 0.261 e. The number of aromatic nitrogens is 4. The molecular weight excluding hydrogens is 446 g/mol. The first kappa shape index (κ1) is 20.4. The number of imidazole rings is 1. The summed E-state index contributed by atoms with van der Waals surface area (Å²) in [5.74, 6) is 1.61. The zero-order valence-electron chi connectivity index (χ0n) is 18.9. The summed E-state index contributed by atoms with van der Waals surface area (Å²) in [6.07, 6.45) is 16.3. The number of amides is 1. The van der Waals surface area contributed by atoms with Crippen LogP contribution < -0.4 is 5.32 Å². The summed E-state index contributed by atoms with van der Waals surface area (Å²) in [7, 11) is 0. The average Bonchev–Trinajstić information content (AvgIpc) is 3.56. The Bertz CT molecular complexity index is 1330. The van der Waals surface area contributed by atoms with Gasteiger partial charge in [-0.05, 0) is 73.8 Å². The highest BCUT2D eigenvalue weighted by atomic mass is 32.1. The van der Waals surface area contributed by atoms with Crippen molar-refractivity contribution < 1.29 is 9.53 Å². The zero-order chi connectivity index (χ0) is 22.7. The largest absolute Gasteiger partial charge is 0.370 e. The highest BCUT2D eigenvalue weighted by Gasteiger charge is 2.52. The fourth-order valence-corrected chi connectivity index (χ4v) is 7.40. The number of carbonyl (C=O) groups is 1. The molecule has 7 nitrogen and oxygen atoms in total. The van der Waals surface area contributed by atoms with Crippen LogP contribution in [0.5, 0.6) is 0 Å². The van der Waals surface area contributed by atoms with Gasteiger partial charge in [-0.1, -0.05) is 0 Å². The first-order valence-corrected chi connectivity index (χ1v) is 12.9. The summed E-state index contributed by atoms with van der Waals surface area (Å²) >= 11 is 1.50. The molecule has 0 aromatic carbocycles. The first-order valence-electron chi connectivity index (χ1n) is 12.1. The van der Waals surface area contributed by atoms with E-state index in [4.69, 9.17) is 4.74 Å². The Kier molecular flexibility index (Phi) is 4.67. The SMILES string of the molecule is O=C(NCc1ccn2ccnc2c1)c1ccc(-c2cnn(CC34CC5CC(CC(C5)O3)C4)c2)s1. The molecule has 2 saturated carbocycles. The minimum absolute atomic E-state index is 0.0298. The van der Waals surface area contributed by atoms with Crippen LogP contribution in [0.4, 0.5) is 0 Å². The molecule has 2 saturated heterocycles. The normalized spacial score (nSPS) is 27.5. The minimum atomic E-state index is -0.0613. The molecule has 2 aliphatic carbocycles. The van der Waals surface area contributed by atoms with Gasteiger partial charge in [-0.25, -0.2) is 4.98 Å². The molecule has 4 fully saturated rings. The first-order chi connectivity index (χ1) is 16.6. The van der Waals surface area contributed by atoms with E-state index in [9.17, 15) is 4.79 Å². The second kappa shape index (κ2) is 7.78. The molecule has 4 aromatic heterocycles. The summed E-state index contributed by atoms with van der Waals surface area (Å²) in [5, 5.41) is 7.68. The van der Waals surface area contributed by atoms with E-state index in [2.05, 4.69) is 21.6 Å². The quantitative estimate of drug-likeness (QED) is 0.446. The van der Waals surface area contributed by atoms with E-state index in [1.54, 1.807) is 6.20 Å². The van der Waals surface area contributed by atoms with Crippen molar-refractivity contribution in [2.24, 2.45) is 11.8 Å². The molecule has 0 radical (unpaired) electrons. The number of carbonyl (C=O) groups excluding carboxylic acids is 1. The van der Waals surface area contributed by atoms with Gasteiger partial charge in [0.05, 0.1) is 29.3 Å². The number of nitrogens with one attached hydrogen (secondary N) is 1. The van der Waals surface area contributed by atoms with Gasteiger partial charge >= 0.3 is 0 Å². The van der Waals surface area contributed by atoms with Crippen LogP contribution in [-0.2, 0) is 17.8 Å². The van der Waals surface area contributed by atoms with Crippen LogP contribution in [0.2, 0.25) is 0 Å². The molecule has 34 heavy (non-hydrogen) atoms. The molecule has 174 valence electrons. The molecule has 4 bridgehead atoms. The fourth-order valence-electron chi connectivity index (χ4n) is 6.50. The monoisotopic (exact) mass is 473 g/mol. The molecule has 8 rings (SSSR count). The van der Waals surface area contributed by atoms with E-state index in [-0.39, 0.29) is 11.5 Å². The third-order valence-corrected chi connectivity index (χ3v) is 8.84. The van der Waals surface area contributed by atoms with Gasteiger partial charge in [0.15, 0.2) is 0 Å². The summed E-state index contributed by atoms with van der Waals surface area (Å²) in [6, 6.07) is 7.89. The Balaban J connectivity index is 1.01. The van der Waals surface area contributed by atoms with Gasteiger partial charge < -0.3 is 14.5 Å². The Morgan fingerprint density at radius 2 is 2.06 bits per heavy atom. The van der Waals surface area contributed by atoms with Crippen LogP contribution in [0.1, 0.15) is 47.3 Å². The van der Waals surface area contributed by atoms with Crippen LogP contribution in [0.25, 0.3) is 16.1 Å². The number of pyridine rings is 1. The van der Waals surface area contributed by atoms with Gasteiger partial charge in [0.1, 0.15) is 5.65 Å². The van der Waals surface area contributed by atoms with E-state index < -0.39 is 0 Å². The third kappa shape index (κ3) is 3.65. The summed E-state index contributed by atoms with van der Waals surface area (Å²) < 4.78 is 10.5. The summed E-state index contributed by atoms with van der Waals surface area (Å²) in [6.45, 7) is 1.30. The maximum atomic E-state index is 12.7. The van der Waals surface area contributed by atoms with Crippen molar-refractivity contribution in [3.05, 3.63) is 65.7 Å². The Labute approximate surface area is 201 Å². The van der Waals surface area contributed by atoms with Gasteiger partial charge in [0.25, 0.3) is 5.91 Å². The standard InChI is InChI=1S/C26H27N5O2S/c32-25(28-13-17-3-5-30-6-4-27-24(30)10-17)23-2-1-22(34-23)20-14-29-31(15-20)16-26-11-18-7-19(12-26)9-21(8-18)33-26/h1-6,10,14-15,18-19,21H,7-9,11-13,16H2,(H,28,32). The summed E-state index contributed by atoms with van der Waals surface area (Å²) in [4.78, 5) is 18.8. The lowest BCUT2D eigenvalue weighted by molar-refractivity contribution is -0.226. The van der Waals surface area contributed by atoms with E-state index in [0.717, 1.165) is 40.0 Å². The molecule has 0 spiro atoms. The van der Waals surface area contributed by atoms with Gasteiger partial charge in [-0.3, -0.25) is 9.48 Å². The average molecular weight is 474 g/mol. The van der Waals surface area contributed by atoms with Crippen molar-refractivity contribution in [1.82, 2.24) is 24.5 Å². The molecule has 2 aliphatic heterocycles. The molecule has 1 N–H and O–H groups in total. The van der Waals surface area contributed by atoms with E-state index in [0.29, 0.717) is 17.5 Å². The topological polar surface area (TPSA) is 73.5 Å². The van der Waals surface area contributed by atoms with Crippen molar-refractivity contribution in [2.45, 2.75) is 56.9 Å². The van der Waals surface area contributed by atoms with Crippen LogP contribution in [0, 0.1) is 11.8 Å². The Hall–Kier alpha value is -2.97. The van der Waals surface area contributed by atoms with Crippen LogP contribution in [0.3, 0.4) is 0 Å². The number of rotatable bonds is 6. The van der Waals surface area contributed by atoms with Crippen molar-refractivity contribution in [3.8, 4) is 10.4 Å². The van der Waals surface area contributed by atoms with Gasteiger partial charge in [0.2, 0.25) is 0 Å². The lowest BCUT2D eigenvalue weighted by atomic mass is 9.62. The number of fused-ring (bicyclic) bond motifs is 1. The second-order valence-electron chi connectivity index (χ2n) is 10.3. The predicted octanol–water partition coefficient (Wildman–Crippen LogP) is 4.54. The molecule has 6 heterocycles.